The Morgan fingerprint density at radius 3 is 2.79 bits per heavy atom. The molecule has 2 aliphatic rings. The minimum Gasteiger partial charge on any atom is -0.457 e. The molecule has 5 rings (SSSR count). The highest BCUT2D eigenvalue weighted by atomic mass is 32.2. The number of para-hydroxylation sites is 1. The minimum absolute atomic E-state index is 0.0239. The number of carbonyl (C=O) groups is 2. The molecule has 0 spiro atoms. The van der Waals surface area contributed by atoms with Crippen LogP contribution in [0.3, 0.4) is 0 Å². The number of ether oxygens (including phenoxy) is 1. The zero-order valence-corrected chi connectivity index (χ0v) is 16.7. The van der Waals surface area contributed by atoms with Crippen molar-refractivity contribution in [3.63, 3.8) is 0 Å². The Morgan fingerprint density at radius 1 is 1.18 bits per heavy atom. The molecule has 2 fully saturated rings. The summed E-state index contributed by atoms with van der Waals surface area (Å²) >= 11 is 3.19. The summed E-state index contributed by atoms with van der Waals surface area (Å²) in [7, 11) is 0. The summed E-state index contributed by atoms with van der Waals surface area (Å²) in [6, 6.07) is 17.3. The first-order chi connectivity index (χ1) is 13.7. The predicted octanol–water partition coefficient (Wildman–Crippen LogP) is 3.93. The van der Waals surface area contributed by atoms with E-state index in [9.17, 15) is 9.59 Å². The molecule has 3 heterocycles. The molecule has 28 heavy (non-hydrogen) atoms. The number of nitrogens with zero attached hydrogens (tertiary/aromatic N) is 2. The van der Waals surface area contributed by atoms with Crippen LogP contribution < -0.4 is 0 Å². The van der Waals surface area contributed by atoms with Crippen LogP contribution in [-0.4, -0.2) is 33.6 Å². The Balaban J connectivity index is 1.34. The van der Waals surface area contributed by atoms with E-state index in [-0.39, 0.29) is 18.5 Å². The van der Waals surface area contributed by atoms with Crippen molar-refractivity contribution in [1.82, 2.24) is 9.88 Å². The fraction of sp³-hybridized carbons (Fsp3) is 0.286. The quantitative estimate of drug-likeness (QED) is 0.610. The maximum absolute atomic E-state index is 12.8. The van der Waals surface area contributed by atoms with Gasteiger partial charge in [0, 0.05) is 12.2 Å². The number of fused-ring (bicyclic) bond motifs is 2. The number of hydrogen-bond donors (Lipinski definition) is 0. The van der Waals surface area contributed by atoms with Gasteiger partial charge in [-0.1, -0.05) is 42.5 Å². The van der Waals surface area contributed by atoms with Crippen LogP contribution in [-0.2, 0) is 25.8 Å². The average Bonchev–Trinajstić information content (AvgIpc) is 3.40. The number of thiazole rings is 1. The Labute approximate surface area is 170 Å². The normalized spacial score (nSPS) is 23.9. The van der Waals surface area contributed by atoms with Gasteiger partial charge in [0.05, 0.1) is 10.2 Å². The van der Waals surface area contributed by atoms with E-state index < -0.39 is 10.9 Å². The van der Waals surface area contributed by atoms with Crippen LogP contribution in [0.2, 0.25) is 0 Å². The van der Waals surface area contributed by atoms with Crippen molar-refractivity contribution in [3.8, 4) is 0 Å². The summed E-state index contributed by atoms with van der Waals surface area (Å²) in [5.74, 6) is 0.231. The number of rotatable bonds is 4. The summed E-state index contributed by atoms with van der Waals surface area (Å²) in [6.07, 6.45) is 1.19. The number of thioether (sulfide) groups is 1. The molecular weight excluding hydrogens is 392 g/mol. The second-order valence-electron chi connectivity index (χ2n) is 6.92. The van der Waals surface area contributed by atoms with Crippen LogP contribution in [0.1, 0.15) is 23.4 Å². The molecule has 0 radical (unpaired) electrons. The number of amides is 1. The molecule has 0 bridgehead atoms. The number of aromatic nitrogens is 1. The zero-order valence-electron chi connectivity index (χ0n) is 15.0. The van der Waals surface area contributed by atoms with Crippen molar-refractivity contribution in [2.24, 2.45) is 0 Å². The zero-order chi connectivity index (χ0) is 19.1. The molecule has 5 nitrogen and oxygen atoms in total. The van der Waals surface area contributed by atoms with E-state index >= 15 is 0 Å². The summed E-state index contributed by atoms with van der Waals surface area (Å²) in [5, 5.41) is 0.766. The third-order valence-corrected chi connectivity index (χ3v) is 7.91. The van der Waals surface area contributed by atoms with E-state index in [4.69, 9.17) is 4.74 Å². The standard InChI is InChI=1S/C21H18N2O3S2/c24-19-10-11-21(14-6-2-1-3-7-14)23(19)16(13-27-21)20(25)26-12-18-22-15-8-4-5-9-17(15)28-18/h1-9,16H,10-13H2/t16-,21+/m1/s1. The molecule has 2 aromatic carbocycles. The highest BCUT2D eigenvalue weighted by Gasteiger charge is 2.57. The van der Waals surface area contributed by atoms with E-state index in [2.05, 4.69) is 4.98 Å². The lowest BCUT2D eigenvalue weighted by atomic mass is 10.0. The van der Waals surface area contributed by atoms with E-state index in [1.165, 1.54) is 11.3 Å². The second-order valence-corrected chi connectivity index (χ2v) is 9.34. The van der Waals surface area contributed by atoms with Crippen LogP contribution in [0, 0.1) is 0 Å². The van der Waals surface area contributed by atoms with Crippen LogP contribution in [0.4, 0.5) is 0 Å². The lowest BCUT2D eigenvalue weighted by Gasteiger charge is -2.33. The number of esters is 1. The molecule has 2 atom stereocenters. The fourth-order valence-electron chi connectivity index (χ4n) is 4.03. The van der Waals surface area contributed by atoms with Crippen molar-refractivity contribution >= 4 is 45.2 Å². The smallest absolute Gasteiger partial charge is 0.330 e. The Bertz CT molecular complexity index is 1020. The Hall–Kier alpha value is -2.38. The molecule has 0 N–H and O–H groups in total. The van der Waals surface area contributed by atoms with Crippen molar-refractivity contribution in [2.75, 3.05) is 5.75 Å². The van der Waals surface area contributed by atoms with Gasteiger partial charge in [0.2, 0.25) is 5.91 Å². The molecule has 3 aromatic rings. The molecule has 0 saturated carbocycles. The lowest BCUT2D eigenvalue weighted by Crippen LogP contribution is -2.46. The number of carbonyl (C=O) groups excluding carboxylic acids is 2. The summed E-state index contributed by atoms with van der Waals surface area (Å²) in [5.41, 5.74) is 1.99. The first kappa shape index (κ1) is 17.7. The molecule has 2 saturated heterocycles. The molecular formula is C21H18N2O3S2. The Morgan fingerprint density at radius 2 is 1.96 bits per heavy atom. The molecule has 0 aliphatic carbocycles. The van der Waals surface area contributed by atoms with Gasteiger partial charge in [0.1, 0.15) is 22.5 Å². The van der Waals surface area contributed by atoms with Gasteiger partial charge in [-0.2, -0.15) is 0 Å². The summed E-state index contributed by atoms with van der Waals surface area (Å²) in [6.45, 7) is 0.139. The highest BCUT2D eigenvalue weighted by molar-refractivity contribution is 8.00. The van der Waals surface area contributed by atoms with Gasteiger partial charge in [-0.3, -0.25) is 4.79 Å². The van der Waals surface area contributed by atoms with Gasteiger partial charge < -0.3 is 9.64 Å². The third kappa shape index (κ3) is 2.81. The second kappa shape index (κ2) is 6.90. The van der Waals surface area contributed by atoms with Gasteiger partial charge in [-0.05, 0) is 24.1 Å². The van der Waals surface area contributed by atoms with E-state index in [1.807, 2.05) is 54.6 Å². The molecule has 1 aromatic heterocycles. The van der Waals surface area contributed by atoms with Crippen LogP contribution in [0.5, 0.6) is 0 Å². The van der Waals surface area contributed by atoms with E-state index in [0.29, 0.717) is 12.2 Å². The predicted molar refractivity (Wildman–Crippen MR) is 110 cm³/mol. The SMILES string of the molecule is O=C(OCc1nc2ccccc2s1)[C@H]1CS[C@]2(c3ccccc3)CCC(=O)N12. The number of hydrogen-bond acceptors (Lipinski definition) is 6. The fourth-order valence-corrected chi connectivity index (χ4v) is 6.54. The highest BCUT2D eigenvalue weighted by Crippen LogP contribution is 2.54. The van der Waals surface area contributed by atoms with Crippen LogP contribution in [0.15, 0.2) is 54.6 Å². The van der Waals surface area contributed by atoms with E-state index in [0.717, 1.165) is 27.2 Å². The van der Waals surface area contributed by atoms with Gasteiger partial charge in [0.25, 0.3) is 0 Å². The summed E-state index contributed by atoms with van der Waals surface area (Å²) in [4.78, 5) is 31.3. The topological polar surface area (TPSA) is 59.5 Å². The Kier molecular flexibility index (Phi) is 4.36. The van der Waals surface area contributed by atoms with Gasteiger partial charge in [0.15, 0.2) is 0 Å². The average molecular weight is 411 g/mol. The third-order valence-electron chi connectivity index (χ3n) is 5.30. The molecule has 1 amide bonds. The summed E-state index contributed by atoms with van der Waals surface area (Å²) < 4.78 is 6.65. The van der Waals surface area contributed by atoms with Gasteiger partial charge in [-0.25, -0.2) is 9.78 Å². The van der Waals surface area contributed by atoms with Crippen molar-refractivity contribution < 1.29 is 14.3 Å². The van der Waals surface area contributed by atoms with Crippen molar-refractivity contribution in [3.05, 3.63) is 65.2 Å². The van der Waals surface area contributed by atoms with Crippen LogP contribution in [0.25, 0.3) is 10.2 Å². The molecule has 2 aliphatic heterocycles. The monoisotopic (exact) mass is 410 g/mol. The first-order valence-corrected chi connectivity index (χ1v) is 11.0. The minimum atomic E-state index is -0.547. The van der Waals surface area contributed by atoms with Crippen molar-refractivity contribution in [2.45, 2.75) is 30.4 Å². The molecule has 0 unspecified atom stereocenters. The largest absolute Gasteiger partial charge is 0.457 e. The van der Waals surface area contributed by atoms with E-state index in [1.54, 1.807) is 16.7 Å². The molecule has 142 valence electrons. The number of benzene rings is 2. The molecule has 7 heteroatoms. The maximum Gasteiger partial charge on any atom is 0.330 e. The maximum atomic E-state index is 12.8. The van der Waals surface area contributed by atoms with Crippen molar-refractivity contribution in [1.29, 1.82) is 0 Å². The van der Waals surface area contributed by atoms with Gasteiger partial charge >= 0.3 is 5.97 Å². The van der Waals surface area contributed by atoms with Crippen LogP contribution >= 0.6 is 23.1 Å². The lowest BCUT2D eigenvalue weighted by molar-refractivity contribution is -0.155. The van der Waals surface area contributed by atoms with Gasteiger partial charge in [-0.15, -0.1) is 23.1 Å². The first-order valence-electron chi connectivity index (χ1n) is 9.20.